The number of nitrogens with one attached hydrogen (secondary N) is 2. The van der Waals surface area contributed by atoms with E-state index in [-0.39, 0.29) is 18.4 Å². The smallest absolute Gasteiger partial charge is 0.305 e. The molecular weight excluding hydrogens is 220 g/mol. The number of carbonyl (C=O) groups excluding carboxylic acids is 1. The Kier molecular flexibility index (Phi) is 8.40. The number of aliphatic carboxylic acids is 1. The number of carboxylic acid groups (broad SMARTS) is 1. The minimum Gasteiger partial charge on any atom is -0.481 e. The predicted octanol–water partition coefficient (Wildman–Crippen LogP) is 1.13. The number of carbonyl (C=O) groups is 2. The number of rotatable bonds is 9. The topological polar surface area (TPSA) is 78.4 Å². The van der Waals surface area contributed by atoms with Crippen LogP contribution in [0.4, 0.5) is 0 Å². The van der Waals surface area contributed by atoms with Crippen molar-refractivity contribution in [3.63, 3.8) is 0 Å². The van der Waals surface area contributed by atoms with Crippen molar-refractivity contribution < 1.29 is 14.7 Å². The summed E-state index contributed by atoms with van der Waals surface area (Å²) in [6.45, 7) is 6.79. The molecule has 0 aliphatic heterocycles. The van der Waals surface area contributed by atoms with Crippen molar-refractivity contribution in [3.05, 3.63) is 0 Å². The van der Waals surface area contributed by atoms with E-state index < -0.39 is 5.97 Å². The van der Waals surface area contributed by atoms with Gasteiger partial charge in [-0.2, -0.15) is 0 Å². The van der Waals surface area contributed by atoms with Gasteiger partial charge in [0.15, 0.2) is 0 Å². The van der Waals surface area contributed by atoms with E-state index in [2.05, 4.69) is 24.5 Å². The lowest BCUT2D eigenvalue weighted by Gasteiger charge is -2.15. The second kappa shape index (κ2) is 8.98. The van der Waals surface area contributed by atoms with Crippen LogP contribution in [0.5, 0.6) is 0 Å². The minimum atomic E-state index is -0.876. The summed E-state index contributed by atoms with van der Waals surface area (Å²) >= 11 is 0. The molecule has 1 amide bonds. The van der Waals surface area contributed by atoms with E-state index in [0.717, 1.165) is 13.0 Å². The fraction of sp³-hybridized carbons (Fsp3) is 0.833. The van der Waals surface area contributed by atoms with Crippen molar-refractivity contribution in [2.24, 2.45) is 0 Å². The van der Waals surface area contributed by atoms with Gasteiger partial charge in [-0.25, -0.2) is 0 Å². The van der Waals surface area contributed by atoms with Crippen LogP contribution < -0.4 is 10.6 Å². The van der Waals surface area contributed by atoms with Gasteiger partial charge in [0, 0.05) is 18.5 Å². The third kappa shape index (κ3) is 9.81. The van der Waals surface area contributed by atoms with Crippen molar-refractivity contribution in [3.8, 4) is 0 Å². The molecule has 0 saturated heterocycles. The summed E-state index contributed by atoms with van der Waals surface area (Å²) in [5.41, 5.74) is 0. The zero-order chi connectivity index (χ0) is 13.3. The van der Waals surface area contributed by atoms with E-state index in [9.17, 15) is 9.59 Å². The lowest BCUT2D eigenvalue weighted by molar-refractivity contribution is -0.137. The average Bonchev–Trinajstić information content (AvgIpc) is 2.22. The van der Waals surface area contributed by atoms with Crippen molar-refractivity contribution in [2.75, 3.05) is 6.54 Å². The molecule has 0 aliphatic carbocycles. The fourth-order valence-electron chi connectivity index (χ4n) is 1.45. The molecule has 0 aromatic carbocycles. The van der Waals surface area contributed by atoms with Crippen LogP contribution in [-0.2, 0) is 9.59 Å². The Morgan fingerprint density at radius 1 is 1.29 bits per heavy atom. The fourth-order valence-corrected chi connectivity index (χ4v) is 1.45. The molecule has 100 valence electrons. The summed E-state index contributed by atoms with van der Waals surface area (Å²) in [4.78, 5) is 22.0. The monoisotopic (exact) mass is 244 g/mol. The molecule has 0 aliphatic rings. The number of hydrogen-bond donors (Lipinski definition) is 3. The van der Waals surface area contributed by atoms with Gasteiger partial charge in [-0.05, 0) is 19.4 Å². The molecule has 1 atom stereocenters. The zero-order valence-electron chi connectivity index (χ0n) is 11.0. The first-order chi connectivity index (χ1) is 7.95. The van der Waals surface area contributed by atoms with Crippen LogP contribution in [0.25, 0.3) is 0 Å². The molecule has 5 heteroatoms. The normalized spacial score (nSPS) is 12.5. The maximum atomic E-state index is 11.5. The van der Waals surface area contributed by atoms with Gasteiger partial charge in [0.2, 0.25) is 5.91 Å². The highest BCUT2D eigenvalue weighted by molar-refractivity contribution is 5.77. The molecule has 0 aromatic heterocycles. The number of amides is 1. The van der Waals surface area contributed by atoms with Crippen LogP contribution in [0.1, 0.15) is 46.5 Å². The highest BCUT2D eigenvalue weighted by Crippen LogP contribution is 1.99. The van der Waals surface area contributed by atoms with Crippen molar-refractivity contribution in [2.45, 2.75) is 58.5 Å². The largest absolute Gasteiger partial charge is 0.481 e. The molecule has 0 rings (SSSR count). The van der Waals surface area contributed by atoms with Crippen LogP contribution in [0.2, 0.25) is 0 Å². The van der Waals surface area contributed by atoms with Gasteiger partial charge in [-0.1, -0.05) is 20.8 Å². The predicted molar refractivity (Wildman–Crippen MR) is 66.8 cm³/mol. The maximum Gasteiger partial charge on any atom is 0.305 e. The van der Waals surface area contributed by atoms with Crippen LogP contribution in [0.15, 0.2) is 0 Å². The van der Waals surface area contributed by atoms with Crippen molar-refractivity contribution in [1.29, 1.82) is 0 Å². The summed E-state index contributed by atoms with van der Waals surface area (Å²) in [6, 6.07) is 0.173. The van der Waals surface area contributed by atoms with Gasteiger partial charge >= 0.3 is 5.97 Å². The number of carboxylic acids is 1. The molecule has 17 heavy (non-hydrogen) atoms. The molecule has 3 N–H and O–H groups in total. The summed E-state index contributed by atoms with van der Waals surface area (Å²) in [5.74, 6) is -0.942. The molecular formula is C12H24N2O3. The quantitative estimate of drug-likeness (QED) is 0.531. The van der Waals surface area contributed by atoms with Gasteiger partial charge < -0.3 is 15.7 Å². The van der Waals surface area contributed by atoms with Crippen LogP contribution in [-0.4, -0.2) is 35.6 Å². The summed E-state index contributed by atoms with van der Waals surface area (Å²) in [5, 5.41) is 14.6. The molecule has 0 fully saturated rings. The Hall–Kier alpha value is -1.10. The molecule has 1 unspecified atom stereocenters. The molecule has 0 aromatic rings. The van der Waals surface area contributed by atoms with Gasteiger partial charge in [0.05, 0.1) is 6.42 Å². The van der Waals surface area contributed by atoms with E-state index in [1.54, 1.807) is 0 Å². The Balaban J connectivity index is 3.72. The first-order valence-electron chi connectivity index (χ1n) is 6.20. The summed E-state index contributed by atoms with van der Waals surface area (Å²) in [6.07, 6.45) is 1.85. The Morgan fingerprint density at radius 3 is 2.41 bits per heavy atom. The van der Waals surface area contributed by atoms with E-state index in [1.165, 1.54) is 0 Å². The van der Waals surface area contributed by atoms with Gasteiger partial charge in [-0.3, -0.25) is 9.59 Å². The second-order valence-electron chi connectivity index (χ2n) is 4.48. The number of hydrogen-bond acceptors (Lipinski definition) is 3. The highest BCUT2D eigenvalue weighted by Gasteiger charge is 2.13. The van der Waals surface area contributed by atoms with Crippen molar-refractivity contribution >= 4 is 11.9 Å². The standard InChI is InChI=1S/C12H24N2O3/c1-4-10(8-12(16)17)14-11(15)6-5-7-13-9(2)3/h9-10,13H,4-8H2,1-3H3,(H,14,15)(H,16,17). The molecule has 0 heterocycles. The molecule has 0 bridgehead atoms. The second-order valence-corrected chi connectivity index (χ2v) is 4.48. The Labute approximate surface area is 103 Å². The van der Waals surface area contributed by atoms with Crippen LogP contribution in [0, 0.1) is 0 Å². The van der Waals surface area contributed by atoms with Gasteiger partial charge in [0.25, 0.3) is 0 Å². The SMILES string of the molecule is CCC(CC(=O)O)NC(=O)CCCNC(C)C. The van der Waals surface area contributed by atoms with Crippen molar-refractivity contribution in [1.82, 2.24) is 10.6 Å². The van der Waals surface area contributed by atoms with E-state index in [0.29, 0.717) is 18.9 Å². The lowest BCUT2D eigenvalue weighted by atomic mass is 10.1. The van der Waals surface area contributed by atoms with E-state index >= 15 is 0 Å². The third-order valence-corrected chi connectivity index (χ3v) is 2.41. The first kappa shape index (κ1) is 15.9. The lowest BCUT2D eigenvalue weighted by Crippen LogP contribution is -2.36. The molecule has 0 saturated carbocycles. The summed E-state index contributed by atoms with van der Waals surface area (Å²) in [7, 11) is 0. The maximum absolute atomic E-state index is 11.5. The molecule has 0 radical (unpaired) electrons. The van der Waals surface area contributed by atoms with Gasteiger partial charge in [0.1, 0.15) is 0 Å². The Morgan fingerprint density at radius 2 is 1.94 bits per heavy atom. The molecule has 5 nitrogen and oxygen atoms in total. The molecule has 0 spiro atoms. The minimum absolute atomic E-state index is 0.00746. The van der Waals surface area contributed by atoms with E-state index in [1.807, 2.05) is 6.92 Å². The highest BCUT2D eigenvalue weighted by atomic mass is 16.4. The van der Waals surface area contributed by atoms with Crippen LogP contribution >= 0.6 is 0 Å². The average molecular weight is 244 g/mol. The van der Waals surface area contributed by atoms with Gasteiger partial charge in [-0.15, -0.1) is 0 Å². The van der Waals surface area contributed by atoms with Crippen LogP contribution in [0.3, 0.4) is 0 Å². The zero-order valence-corrected chi connectivity index (χ0v) is 11.0. The Bertz CT molecular complexity index is 242. The van der Waals surface area contributed by atoms with E-state index in [4.69, 9.17) is 5.11 Å². The first-order valence-corrected chi connectivity index (χ1v) is 6.20. The summed E-state index contributed by atoms with van der Waals surface area (Å²) < 4.78 is 0. The third-order valence-electron chi connectivity index (χ3n) is 2.41.